The number of hydrazone groups is 1. The highest BCUT2D eigenvalue weighted by Crippen LogP contribution is 2.39. The predicted octanol–water partition coefficient (Wildman–Crippen LogP) is 3.18. The largest absolute Gasteiger partial charge is 0.487 e. The first-order valence-corrected chi connectivity index (χ1v) is 13.3. The van der Waals surface area contributed by atoms with Crippen molar-refractivity contribution in [2.45, 2.75) is 32.0 Å². The molecule has 0 aliphatic carbocycles. The molecule has 0 fully saturated rings. The predicted molar refractivity (Wildman–Crippen MR) is 160 cm³/mol. The Bertz CT molecular complexity index is 1440. The number of aromatic nitrogens is 1. The van der Waals surface area contributed by atoms with Gasteiger partial charge in [-0.2, -0.15) is 5.10 Å². The second kappa shape index (κ2) is 13.1. The molecule has 3 aromatic rings. The fourth-order valence-electron chi connectivity index (χ4n) is 4.85. The number of carbonyl (C=O) groups excluding carboxylic acids is 2. The summed E-state index contributed by atoms with van der Waals surface area (Å²) < 4.78 is 8.35. The van der Waals surface area contributed by atoms with Crippen LogP contribution in [0.5, 0.6) is 5.75 Å². The van der Waals surface area contributed by atoms with Gasteiger partial charge in [-0.15, -0.1) is 0 Å². The van der Waals surface area contributed by atoms with Gasteiger partial charge in [0.15, 0.2) is 0 Å². The quantitative estimate of drug-likeness (QED) is 0.148. The molecule has 210 valence electrons. The fourth-order valence-corrected chi connectivity index (χ4v) is 4.85. The molecule has 1 amide bonds. The fraction of sp³-hybridized carbons (Fsp3) is 0.333. The number of benzene rings is 2. The van der Waals surface area contributed by atoms with Crippen LogP contribution in [0.25, 0.3) is 16.6 Å². The van der Waals surface area contributed by atoms with Gasteiger partial charge in [0.1, 0.15) is 30.4 Å². The first-order chi connectivity index (χ1) is 19.4. The van der Waals surface area contributed by atoms with Gasteiger partial charge in [0, 0.05) is 67.0 Å². The number of rotatable bonds is 13. The van der Waals surface area contributed by atoms with E-state index in [1.54, 1.807) is 13.3 Å². The molecule has 0 radical (unpaired) electrons. The molecule has 0 bridgehead atoms. The summed E-state index contributed by atoms with van der Waals surface area (Å²) in [5.74, 6) is 6.16. The highest BCUT2D eigenvalue weighted by Gasteiger charge is 2.33. The van der Waals surface area contributed by atoms with Gasteiger partial charge in [-0.3, -0.25) is 9.79 Å². The topological polar surface area (TPSA) is 118 Å². The van der Waals surface area contributed by atoms with Crippen molar-refractivity contribution in [2.24, 2.45) is 15.9 Å². The number of hydrogen-bond donors (Lipinski definition) is 2. The Kier molecular flexibility index (Phi) is 9.34. The molecule has 1 atom stereocenters. The van der Waals surface area contributed by atoms with E-state index in [4.69, 9.17) is 10.6 Å². The maximum absolute atomic E-state index is 12.6. The van der Waals surface area contributed by atoms with Gasteiger partial charge < -0.3 is 35.1 Å². The molecule has 0 saturated heterocycles. The Balaban J connectivity index is 1.44. The zero-order valence-corrected chi connectivity index (χ0v) is 23.3. The van der Waals surface area contributed by atoms with Gasteiger partial charge in [-0.1, -0.05) is 18.7 Å². The minimum Gasteiger partial charge on any atom is -0.487 e. The molecular weight excluding hydrogens is 506 g/mol. The Hall–Kier alpha value is -4.44. The normalized spacial score (nSPS) is 14.2. The van der Waals surface area contributed by atoms with Crippen LogP contribution in [0.4, 0.5) is 5.69 Å². The molecule has 2 heterocycles. The molecule has 1 aliphatic rings. The number of ether oxygens (including phenoxy) is 1. The molecule has 40 heavy (non-hydrogen) atoms. The van der Waals surface area contributed by atoms with Crippen molar-refractivity contribution in [1.82, 2.24) is 19.7 Å². The Morgan fingerprint density at radius 1 is 1.27 bits per heavy atom. The summed E-state index contributed by atoms with van der Waals surface area (Å²) in [6.45, 7) is 6.66. The van der Waals surface area contributed by atoms with E-state index >= 15 is 0 Å². The zero-order chi connectivity index (χ0) is 28.6. The Morgan fingerprint density at radius 3 is 2.83 bits per heavy atom. The van der Waals surface area contributed by atoms with Gasteiger partial charge in [0.2, 0.25) is 5.91 Å². The maximum Gasteiger partial charge on any atom is 0.242 e. The number of hydrogen-bond acceptors (Lipinski definition) is 8. The van der Waals surface area contributed by atoms with Crippen LogP contribution < -0.4 is 15.9 Å². The Morgan fingerprint density at radius 2 is 2.10 bits per heavy atom. The van der Waals surface area contributed by atoms with Crippen LogP contribution >= 0.6 is 0 Å². The van der Waals surface area contributed by atoms with Crippen molar-refractivity contribution in [3.63, 3.8) is 0 Å². The van der Waals surface area contributed by atoms with Crippen molar-refractivity contribution >= 4 is 46.4 Å². The zero-order valence-electron chi connectivity index (χ0n) is 23.3. The van der Waals surface area contributed by atoms with Crippen LogP contribution in [0, 0.1) is 0 Å². The second-order valence-corrected chi connectivity index (χ2v) is 9.95. The molecule has 4 rings (SSSR count). The molecule has 10 nitrogen and oxygen atoms in total. The highest BCUT2D eigenvalue weighted by molar-refractivity contribution is 6.31. The molecule has 10 heteroatoms. The average Bonchev–Trinajstić information content (AvgIpc) is 3.52. The molecular formula is C30H37N7O3. The lowest BCUT2D eigenvalue weighted by molar-refractivity contribution is -0.125. The van der Waals surface area contributed by atoms with Crippen LogP contribution in [-0.2, 0) is 22.7 Å². The monoisotopic (exact) mass is 543 g/mol. The van der Waals surface area contributed by atoms with Gasteiger partial charge in [0.25, 0.3) is 0 Å². The van der Waals surface area contributed by atoms with Crippen molar-refractivity contribution < 1.29 is 14.3 Å². The summed E-state index contributed by atoms with van der Waals surface area (Å²) >= 11 is 0. The van der Waals surface area contributed by atoms with Gasteiger partial charge >= 0.3 is 0 Å². The summed E-state index contributed by atoms with van der Waals surface area (Å²) in [6.07, 6.45) is 5.22. The van der Waals surface area contributed by atoms with E-state index in [0.717, 1.165) is 52.8 Å². The van der Waals surface area contributed by atoms with E-state index in [1.165, 1.54) is 0 Å². The molecule has 1 unspecified atom stereocenters. The van der Waals surface area contributed by atoms with E-state index in [2.05, 4.69) is 63.9 Å². The lowest BCUT2D eigenvalue weighted by Crippen LogP contribution is -2.43. The van der Waals surface area contributed by atoms with E-state index in [1.807, 2.05) is 35.2 Å². The number of nitrogens with one attached hydrogen (secondary N) is 1. The third-order valence-corrected chi connectivity index (χ3v) is 7.05. The number of aldehydes is 1. The van der Waals surface area contributed by atoms with E-state index in [-0.39, 0.29) is 18.9 Å². The third-order valence-electron chi connectivity index (χ3n) is 7.05. The number of nitrogens with two attached hydrogens (primary N) is 1. The molecule has 1 aliphatic heterocycles. The van der Waals surface area contributed by atoms with Crippen molar-refractivity contribution in [3.05, 3.63) is 66.4 Å². The first kappa shape index (κ1) is 28.6. The molecule has 2 aromatic carbocycles. The molecule has 1 aromatic heterocycles. The molecule has 0 spiro atoms. The summed E-state index contributed by atoms with van der Waals surface area (Å²) in [4.78, 5) is 32.2. The van der Waals surface area contributed by atoms with E-state index < -0.39 is 6.04 Å². The van der Waals surface area contributed by atoms with Crippen LogP contribution in [0.15, 0.2) is 65.3 Å². The number of fused-ring (bicyclic) bond motifs is 2. The molecule has 3 N–H and O–H groups in total. The van der Waals surface area contributed by atoms with Crippen LogP contribution in [0.2, 0.25) is 0 Å². The number of carbonyl (C=O) groups is 2. The van der Waals surface area contributed by atoms with Crippen LogP contribution in [-0.4, -0.2) is 78.8 Å². The van der Waals surface area contributed by atoms with Gasteiger partial charge in [-0.25, -0.2) is 0 Å². The van der Waals surface area contributed by atoms with E-state index in [0.29, 0.717) is 24.4 Å². The van der Waals surface area contributed by atoms with Crippen molar-refractivity contribution in [3.8, 4) is 5.75 Å². The summed E-state index contributed by atoms with van der Waals surface area (Å²) in [6, 6.07) is 13.4. The summed E-state index contributed by atoms with van der Waals surface area (Å²) in [5, 5.41) is 7.67. The first-order valence-electron chi connectivity index (χ1n) is 13.3. The SMILES string of the molecule is C=C1c2cccc(OCC(C=Nc3ccc4c(ccn4CCN(C)C)c3)=NN)c2CN1C(CCC=O)C(=O)NC. The van der Waals surface area contributed by atoms with Crippen molar-refractivity contribution in [2.75, 3.05) is 34.3 Å². The average molecular weight is 544 g/mol. The summed E-state index contributed by atoms with van der Waals surface area (Å²) in [5.41, 5.74) is 4.98. The lowest BCUT2D eigenvalue weighted by atomic mass is 10.1. The number of nitrogens with zero attached hydrogens (tertiary/aromatic N) is 5. The standard InChI is InChI=1S/C30H37N7O3/c1-21-25-7-5-9-29(26(25)19-37(21)28(8-6-16-38)30(39)32-2)40-20-24(34-31)18-33-23-10-11-27-22(17-23)12-13-36(27)15-14-35(3)4/h5,7,9-13,16-18,28H,1,6,8,14-15,19-20,31H2,2-4H3,(H,32,39). The lowest BCUT2D eigenvalue weighted by Gasteiger charge is -2.28. The van der Waals surface area contributed by atoms with Crippen molar-refractivity contribution in [1.29, 1.82) is 0 Å². The van der Waals surface area contributed by atoms with E-state index in [9.17, 15) is 9.59 Å². The number of likely N-dealkylation sites (N-methyl/N-ethyl adjacent to an activating group) is 2. The van der Waals surface area contributed by atoms with Gasteiger partial charge in [-0.05, 0) is 50.8 Å². The number of amides is 1. The third kappa shape index (κ3) is 6.40. The second-order valence-electron chi connectivity index (χ2n) is 9.95. The van der Waals surface area contributed by atoms with Crippen LogP contribution in [0.1, 0.15) is 24.0 Å². The van der Waals surface area contributed by atoms with Gasteiger partial charge in [0.05, 0.1) is 11.9 Å². The van der Waals surface area contributed by atoms with Crippen LogP contribution in [0.3, 0.4) is 0 Å². The molecule has 0 saturated carbocycles. The summed E-state index contributed by atoms with van der Waals surface area (Å²) in [7, 11) is 5.72. The minimum atomic E-state index is -0.501. The number of aliphatic imine (C=N–C) groups is 1. The smallest absolute Gasteiger partial charge is 0.242 e. The Labute approximate surface area is 234 Å². The highest BCUT2D eigenvalue weighted by atomic mass is 16.5. The minimum absolute atomic E-state index is 0.121. The maximum atomic E-state index is 12.6.